The summed E-state index contributed by atoms with van der Waals surface area (Å²) in [6.45, 7) is 5.12. The molecule has 1 unspecified atom stereocenters. The van der Waals surface area contributed by atoms with Gasteiger partial charge in [-0.3, -0.25) is 4.79 Å². The third kappa shape index (κ3) is 3.26. The molecule has 1 aliphatic rings. The Hall–Kier alpha value is -0.0500. The predicted molar refractivity (Wildman–Crippen MR) is 62.6 cm³/mol. The van der Waals surface area contributed by atoms with Gasteiger partial charge in [-0.1, -0.05) is 42.6 Å². The zero-order chi connectivity index (χ0) is 10.6. The molecule has 0 bridgehead atoms. The van der Waals surface area contributed by atoms with Crippen molar-refractivity contribution in [3.8, 4) is 0 Å². The molecule has 1 amide bonds. The number of nitrogens with one attached hydrogen (secondary N) is 1. The third-order valence-electron chi connectivity index (χ3n) is 3.14. The van der Waals surface area contributed by atoms with Gasteiger partial charge in [0.05, 0.1) is 4.83 Å². The van der Waals surface area contributed by atoms with E-state index in [1.165, 1.54) is 25.7 Å². The van der Waals surface area contributed by atoms with Gasteiger partial charge in [0.15, 0.2) is 0 Å². The summed E-state index contributed by atoms with van der Waals surface area (Å²) in [6.07, 6.45) is 6.00. The molecule has 14 heavy (non-hydrogen) atoms. The summed E-state index contributed by atoms with van der Waals surface area (Å²) in [5.41, 5.74) is 0.357. The van der Waals surface area contributed by atoms with Gasteiger partial charge in [0.25, 0.3) is 0 Å². The summed E-state index contributed by atoms with van der Waals surface area (Å²) in [5.74, 6) is 0.139. The second-order valence-corrected chi connectivity index (χ2v) is 5.72. The lowest BCUT2D eigenvalue weighted by atomic mass is 9.89. The molecule has 2 nitrogen and oxygen atoms in total. The molecule has 0 aromatic heterocycles. The second kappa shape index (κ2) is 5.15. The van der Waals surface area contributed by atoms with Crippen molar-refractivity contribution < 1.29 is 4.79 Å². The van der Waals surface area contributed by atoms with Gasteiger partial charge < -0.3 is 5.32 Å². The molecule has 1 aliphatic carbocycles. The van der Waals surface area contributed by atoms with Crippen LogP contribution in [0.1, 0.15) is 46.0 Å². The van der Waals surface area contributed by atoms with Gasteiger partial charge in [-0.25, -0.2) is 0 Å². The maximum atomic E-state index is 11.5. The molecule has 82 valence electrons. The molecule has 0 aliphatic heterocycles. The average Bonchev–Trinajstić information content (AvgIpc) is 2.61. The monoisotopic (exact) mass is 261 g/mol. The molecule has 0 aromatic carbocycles. The molecule has 3 heteroatoms. The number of hydrogen-bond acceptors (Lipinski definition) is 1. The molecule has 0 saturated heterocycles. The summed E-state index contributed by atoms with van der Waals surface area (Å²) in [5, 5.41) is 3.03. The number of rotatable bonds is 4. The fraction of sp³-hybridized carbons (Fsp3) is 0.909. The highest BCUT2D eigenvalue weighted by atomic mass is 79.9. The Morgan fingerprint density at radius 2 is 2.07 bits per heavy atom. The van der Waals surface area contributed by atoms with Crippen molar-refractivity contribution in [2.75, 3.05) is 6.54 Å². The van der Waals surface area contributed by atoms with Gasteiger partial charge in [0.2, 0.25) is 5.91 Å². The van der Waals surface area contributed by atoms with Crippen LogP contribution in [0.4, 0.5) is 0 Å². The fourth-order valence-corrected chi connectivity index (χ4v) is 2.16. The van der Waals surface area contributed by atoms with Gasteiger partial charge in [-0.2, -0.15) is 0 Å². The van der Waals surface area contributed by atoms with Crippen molar-refractivity contribution in [2.24, 2.45) is 5.41 Å². The number of carbonyl (C=O) groups is 1. The van der Waals surface area contributed by atoms with Crippen LogP contribution in [0.25, 0.3) is 0 Å². The van der Waals surface area contributed by atoms with Crippen molar-refractivity contribution >= 4 is 21.8 Å². The first-order valence-electron chi connectivity index (χ1n) is 5.49. The normalized spacial score (nSPS) is 21.9. The van der Waals surface area contributed by atoms with Crippen LogP contribution in [0.3, 0.4) is 0 Å². The highest BCUT2D eigenvalue weighted by molar-refractivity contribution is 9.10. The van der Waals surface area contributed by atoms with Crippen molar-refractivity contribution in [1.29, 1.82) is 0 Å². The Kier molecular flexibility index (Phi) is 4.42. The van der Waals surface area contributed by atoms with Gasteiger partial charge in [0.1, 0.15) is 0 Å². The Morgan fingerprint density at radius 1 is 1.50 bits per heavy atom. The summed E-state index contributed by atoms with van der Waals surface area (Å²) >= 11 is 3.36. The zero-order valence-electron chi connectivity index (χ0n) is 9.11. The molecule has 1 atom stereocenters. The van der Waals surface area contributed by atoms with Gasteiger partial charge in [-0.05, 0) is 24.7 Å². The lowest BCUT2D eigenvalue weighted by Gasteiger charge is -2.24. The van der Waals surface area contributed by atoms with E-state index in [-0.39, 0.29) is 10.7 Å². The van der Waals surface area contributed by atoms with E-state index in [1.54, 1.807) is 0 Å². The highest BCUT2D eigenvalue weighted by Crippen LogP contribution is 2.36. The third-order valence-corrected chi connectivity index (χ3v) is 4.21. The van der Waals surface area contributed by atoms with Crippen LogP contribution < -0.4 is 5.32 Å². The van der Waals surface area contributed by atoms with Crippen molar-refractivity contribution in [1.82, 2.24) is 5.32 Å². The highest BCUT2D eigenvalue weighted by Gasteiger charge is 2.29. The van der Waals surface area contributed by atoms with E-state index in [4.69, 9.17) is 0 Å². The summed E-state index contributed by atoms with van der Waals surface area (Å²) < 4.78 is 0. The fourth-order valence-electron chi connectivity index (χ4n) is 2.00. The summed E-state index contributed by atoms with van der Waals surface area (Å²) in [4.78, 5) is 11.5. The van der Waals surface area contributed by atoms with Gasteiger partial charge in [-0.15, -0.1) is 0 Å². The lowest BCUT2D eigenvalue weighted by Crippen LogP contribution is -2.37. The Bertz CT molecular complexity index is 199. The molecule has 0 spiro atoms. The van der Waals surface area contributed by atoms with E-state index < -0.39 is 0 Å². The van der Waals surface area contributed by atoms with E-state index in [0.717, 1.165) is 13.0 Å². The second-order valence-electron chi connectivity index (χ2n) is 4.61. The molecular formula is C11H20BrNO. The van der Waals surface area contributed by atoms with Gasteiger partial charge in [0, 0.05) is 6.54 Å². The van der Waals surface area contributed by atoms with Crippen LogP contribution in [-0.2, 0) is 4.79 Å². The minimum atomic E-state index is -0.0208. The van der Waals surface area contributed by atoms with Crippen molar-refractivity contribution in [2.45, 2.75) is 50.8 Å². The number of amides is 1. The molecule has 1 rings (SSSR count). The van der Waals surface area contributed by atoms with Crippen molar-refractivity contribution in [3.05, 3.63) is 0 Å². The van der Waals surface area contributed by atoms with E-state index in [2.05, 4.69) is 28.2 Å². The Labute approximate surface area is 95.0 Å². The topological polar surface area (TPSA) is 29.1 Å². The standard InChI is InChI=1S/C11H20BrNO/c1-3-9(12)10(14)13-8-11(2)6-4-5-7-11/h9H,3-8H2,1-2H3,(H,13,14). The smallest absolute Gasteiger partial charge is 0.233 e. The molecule has 0 heterocycles. The Balaban J connectivity index is 2.29. The maximum absolute atomic E-state index is 11.5. The van der Waals surface area contributed by atoms with Crippen LogP contribution in [0.5, 0.6) is 0 Å². The lowest BCUT2D eigenvalue weighted by molar-refractivity contribution is -0.120. The van der Waals surface area contributed by atoms with Crippen LogP contribution >= 0.6 is 15.9 Å². The van der Waals surface area contributed by atoms with Crippen LogP contribution in [0.15, 0.2) is 0 Å². The van der Waals surface area contributed by atoms with Crippen LogP contribution in [-0.4, -0.2) is 17.3 Å². The van der Waals surface area contributed by atoms with Gasteiger partial charge >= 0.3 is 0 Å². The first-order chi connectivity index (χ1) is 6.57. The Morgan fingerprint density at radius 3 is 2.57 bits per heavy atom. The quantitative estimate of drug-likeness (QED) is 0.775. The SMILES string of the molecule is CCC(Br)C(=O)NCC1(C)CCCC1. The van der Waals surface area contributed by atoms with E-state index in [1.807, 2.05) is 6.92 Å². The maximum Gasteiger partial charge on any atom is 0.233 e. The number of alkyl halides is 1. The number of hydrogen-bond donors (Lipinski definition) is 1. The van der Waals surface area contributed by atoms with Crippen LogP contribution in [0, 0.1) is 5.41 Å². The van der Waals surface area contributed by atoms with Crippen LogP contribution in [0.2, 0.25) is 0 Å². The largest absolute Gasteiger partial charge is 0.355 e. The van der Waals surface area contributed by atoms with Crippen molar-refractivity contribution in [3.63, 3.8) is 0 Å². The first-order valence-corrected chi connectivity index (χ1v) is 6.41. The molecular weight excluding hydrogens is 242 g/mol. The summed E-state index contributed by atoms with van der Waals surface area (Å²) in [6, 6.07) is 0. The van der Waals surface area contributed by atoms with E-state index in [9.17, 15) is 4.79 Å². The van der Waals surface area contributed by atoms with E-state index in [0.29, 0.717) is 5.41 Å². The average molecular weight is 262 g/mol. The minimum Gasteiger partial charge on any atom is -0.355 e. The van der Waals surface area contributed by atoms with E-state index >= 15 is 0 Å². The molecule has 1 fully saturated rings. The molecule has 0 radical (unpaired) electrons. The number of carbonyl (C=O) groups excluding carboxylic acids is 1. The predicted octanol–water partition coefficient (Wildman–Crippen LogP) is 2.86. The minimum absolute atomic E-state index is 0.0208. The molecule has 0 aromatic rings. The number of halogens is 1. The molecule has 1 N–H and O–H groups in total. The first kappa shape index (κ1) is 12.0. The summed E-state index contributed by atoms with van der Waals surface area (Å²) in [7, 11) is 0. The zero-order valence-corrected chi connectivity index (χ0v) is 10.7. The molecule has 1 saturated carbocycles.